The lowest BCUT2D eigenvalue weighted by Crippen LogP contribution is -2.47. The number of rotatable bonds is 7. The Labute approximate surface area is 106 Å². The van der Waals surface area contributed by atoms with Crippen LogP contribution in [0.2, 0.25) is 0 Å². The largest absolute Gasteiger partial charge is 0.481 e. The van der Waals surface area contributed by atoms with Crippen LogP contribution in [0.4, 0.5) is 0 Å². The number of nitrogens with zero attached hydrogens (tertiary/aromatic N) is 1. The summed E-state index contributed by atoms with van der Waals surface area (Å²) in [7, 11) is 0. The van der Waals surface area contributed by atoms with Gasteiger partial charge < -0.3 is 20.1 Å². The van der Waals surface area contributed by atoms with Gasteiger partial charge in [-0.25, -0.2) is 9.59 Å². The van der Waals surface area contributed by atoms with Crippen molar-refractivity contribution in [1.82, 2.24) is 0 Å². The molecule has 0 rings (SSSR count). The summed E-state index contributed by atoms with van der Waals surface area (Å²) in [4.78, 5) is 43.5. The molecule has 0 saturated heterocycles. The molecule has 0 atom stereocenters. The quantitative estimate of drug-likeness (QED) is 0.311. The van der Waals surface area contributed by atoms with E-state index in [0.29, 0.717) is 0 Å². The molecule has 102 valence electrons. The minimum absolute atomic E-state index is 0.776. The summed E-state index contributed by atoms with van der Waals surface area (Å²) in [5.41, 5.74) is -3.57. The Morgan fingerprint density at radius 2 is 1.53 bits per heavy atom. The average molecular weight is 271 g/mol. The molecule has 9 nitrogen and oxygen atoms in total. The Morgan fingerprint density at radius 3 is 1.79 bits per heavy atom. The maximum absolute atomic E-state index is 11.3. The first kappa shape index (κ1) is 16.1. The Kier molecular flexibility index (Phi) is 5.22. The van der Waals surface area contributed by atoms with E-state index in [1.807, 2.05) is 0 Å². The number of nitriles is 1. The van der Waals surface area contributed by atoms with E-state index in [1.165, 1.54) is 6.07 Å². The van der Waals surface area contributed by atoms with Gasteiger partial charge in [0.05, 0.1) is 12.8 Å². The molecule has 0 aliphatic carbocycles. The Morgan fingerprint density at radius 1 is 1.11 bits per heavy atom. The lowest BCUT2D eigenvalue weighted by Gasteiger charge is -2.25. The van der Waals surface area contributed by atoms with Crippen molar-refractivity contribution in [2.75, 3.05) is 0 Å². The zero-order valence-electron chi connectivity index (χ0n) is 9.45. The Hall–Kier alpha value is -2.89. The van der Waals surface area contributed by atoms with Crippen molar-refractivity contribution in [2.45, 2.75) is 18.4 Å². The molecule has 0 saturated carbocycles. The van der Waals surface area contributed by atoms with E-state index in [9.17, 15) is 19.2 Å². The number of ether oxygens (including phenoxy) is 1. The van der Waals surface area contributed by atoms with Crippen LogP contribution in [0, 0.1) is 11.3 Å². The van der Waals surface area contributed by atoms with Crippen molar-refractivity contribution in [3.05, 3.63) is 12.2 Å². The minimum Gasteiger partial charge on any atom is -0.481 e. The molecule has 0 unspecified atom stereocenters. The van der Waals surface area contributed by atoms with Gasteiger partial charge in [-0.1, -0.05) is 6.58 Å². The van der Waals surface area contributed by atoms with Crippen molar-refractivity contribution in [3.8, 4) is 6.07 Å². The molecule has 0 aliphatic rings. The fourth-order valence-electron chi connectivity index (χ4n) is 1.10. The van der Waals surface area contributed by atoms with Crippen LogP contribution in [-0.4, -0.2) is 44.8 Å². The van der Waals surface area contributed by atoms with Crippen molar-refractivity contribution in [1.29, 1.82) is 5.26 Å². The average Bonchev–Trinajstić information content (AvgIpc) is 2.25. The van der Waals surface area contributed by atoms with Gasteiger partial charge in [0.15, 0.2) is 0 Å². The highest BCUT2D eigenvalue weighted by atomic mass is 16.6. The number of carbonyl (C=O) groups excluding carboxylic acids is 1. The summed E-state index contributed by atoms with van der Waals surface area (Å²) in [5, 5.41) is 34.5. The molecule has 0 aromatic heterocycles. The van der Waals surface area contributed by atoms with Crippen LogP contribution in [0.1, 0.15) is 12.8 Å². The molecular weight excluding hydrogens is 262 g/mol. The molecule has 19 heavy (non-hydrogen) atoms. The highest BCUT2D eigenvalue weighted by Crippen LogP contribution is 2.23. The number of aliphatic carboxylic acids is 3. The van der Waals surface area contributed by atoms with E-state index in [0.717, 1.165) is 0 Å². The number of carbonyl (C=O) groups is 4. The second-order valence-corrected chi connectivity index (χ2v) is 3.42. The van der Waals surface area contributed by atoms with Crippen LogP contribution < -0.4 is 0 Å². The Bertz CT molecular complexity index is 470. The lowest BCUT2D eigenvalue weighted by molar-refractivity contribution is -0.183. The third-order valence-corrected chi connectivity index (χ3v) is 1.93. The van der Waals surface area contributed by atoms with Crippen LogP contribution in [0.5, 0.6) is 0 Å². The van der Waals surface area contributed by atoms with Crippen molar-refractivity contribution >= 4 is 23.9 Å². The zero-order valence-corrected chi connectivity index (χ0v) is 9.45. The smallest absolute Gasteiger partial charge is 0.349 e. The number of carboxylic acids is 3. The summed E-state index contributed by atoms with van der Waals surface area (Å²) in [5.74, 6) is -6.80. The van der Waals surface area contributed by atoms with Crippen LogP contribution >= 0.6 is 0 Å². The van der Waals surface area contributed by atoms with Gasteiger partial charge in [0.2, 0.25) is 5.60 Å². The first-order valence-electron chi connectivity index (χ1n) is 4.64. The van der Waals surface area contributed by atoms with Crippen LogP contribution in [0.3, 0.4) is 0 Å². The van der Waals surface area contributed by atoms with E-state index >= 15 is 0 Å². The monoisotopic (exact) mass is 271 g/mol. The maximum atomic E-state index is 11.3. The zero-order chi connectivity index (χ0) is 15.2. The summed E-state index contributed by atoms with van der Waals surface area (Å²) in [6.45, 7) is 2.95. The fraction of sp³-hybridized carbons (Fsp3) is 0.300. The molecule has 0 aromatic carbocycles. The van der Waals surface area contributed by atoms with Crippen molar-refractivity contribution < 1.29 is 39.2 Å². The fourth-order valence-corrected chi connectivity index (χ4v) is 1.10. The third-order valence-electron chi connectivity index (χ3n) is 1.93. The van der Waals surface area contributed by atoms with Gasteiger partial charge in [-0.2, -0.15) is 5.26 Å². The summed E-state index contributed by atoms with van der Waals surface area (Å²) < 4.78 is 4.35. The third kappa shape index (κ3) is 4.47. The molecule has 0 spiro atoms. The normalized spacial score (nSPS) is 10.1. The molecule has 0 bridgehead atoms. The molecule has 0 fully saturated rings. The van der Waals surface area contributed by atoms with E-state index in [-0.39, 0.29) is 0 Å². The summed E-state index contributed by atoms with van der Waals surface area (Å²) in [6.07, 6.45) is -2.53. The standard InChI is InChI=1S/C10H9NO8/c1-5(4-11)8(16)19-10(9(17)18,2-6(12)13)3-7(14)15/h1-3H2,(H,12,13)(H,14,15)(H,17,18). The predicted molar refractivity (Wildman–Crippen MR) is 55.7 cm³/mol. The lowest BCUT2D eigenvalue weighted by atomic mass is 9.95. The van der Waals surface area contributed by atoms with Gasteiger partial charge in [-0.3, -0.25) is 9.59 Å². The van der Waals surface area contributed by atoms with Gasteiger partial charge >= 0.3 is 23.9 Å². The Balaban J connectivity index is 5.46. The molecule has 3 N–H and O–H groups in total. The maximum Gasteiger partial charge on any atom is 0.349 e. The highest BCUT2D eigenvalue weighted by Gasteiger charge is 2.47. The molecule has 0 aromatic rings. The van der Waals surface area contributed by atoms with E-state index in [2.05, 4.69) is 11.3 Å². The van der Waals surface area contributed by atoms with Gasteiger partial charge in [-0.05, 0) is 0 Å². The molecule has 0 radical (unpaired) electrons. The van der Waals surface area contributed by atoms with Crippen LogP contribution in [-0.2, 0) is 23.9 Å². The number of carboxylic acid groups (broad SMARTS) is 3. The van der Waals surface area contributed by atoms with Gasteiger partial charge in [0.1, 0.15) is 11.6 Å². The van der Waals surface area contributed by atoms with Gasteiger partial charge in [0, 0.05) is 0 Å². The summed E-state index contributed by atoms with van der Waals surface area (Å²) >= 11 is 0. The summed E-state index contributed by atoms with van der Waals surface area (Å²) in [6, 6.07) is 1.28. The second-order valence-electron chi connectivity index (χ2n) is 3.42. The molecular formula is C10H9NO8. The predicted octanol–water partition coefficient (Wildman–Crippen LogP) is -0.618. The number of hydrogen-bond donors (Lipinski definition) is 3. The van der Waals surface area contributed by atoms with Crippen LogP contribution in [0.25, 0.3) is 0 Å². The number of esters is 1. The SMILES string of the molecule is C=C(C#N)C(=O)OC(CC(=O)O)(CC(=O)O)C(=O)O. The van der Waals surface area contributed by atoms with Crippen molar-refractivity contribution in [2.24, 2.45) is 0 Å². The van der Waals surface area contributed by atoms with E-state index < -0.39 is 47.9 Å². The van der Waals surface area contributed by atoms with Gasteiger partial charge in [0.25, 0.3) is 0 Å². The first-order valence-corrected chi connectivity index (χ1v) is 4.64. The van der Waals surface area contributed by atoms with Gasteiger partial charge in [-0.15, -0.1) is 0 Å². The first-order chi connectivity index (χ1) is 8.64. The topological polar surface area (TPSA) is 162 Å². The minimum atomic E-state index is -2.80. The molecule has 0 aliphatic heterocycles. The van der Waals surface area contributed by atoms with Crippen molar-refractivity contribution in [3.63, 3.8) is 0 Å². The van der Waals surface area contributed by atoms with Crippen LogP contribution in [0.15, 0.2) is 12.2 Å². The number of hydrogen-bond acceptors (Lipinski definition) is 6. The second kappa shape index (κ2) is 6.15. The highest BCUT2D eigenvalue weighted by molar-refractivity contribution is 5.96. The van der Waals surface area contributed by atoms with E-state index in [1.54, 1.807) is 0 Å². The molecule has 0 heterocycles. The molecule has 0 amide bonds. The van der Waals surface area contributed by atoms with E-state index in [4.69, 9.17) is 20.6 Å². The molecule has 9 heteroatoms.